The van der Waals surface area contributed by atoms with E-state index >= 15 is 0 Å². The number of allylic oxidation sites excluding steroid dienone is 1. The first-order valence-corrected chi connectivity index (χ1v) is 5.80. The molecule has 108 valence electrons. The Morgan fingerprint density at radius 2 is 1.90 bits per heavy atom. The van der Waals surface area contributed by atoms with E-state index in [0.717, 1.165) is 0 Å². The Bertz CT molecular complexity index is 536. The van der Waals surface area contributed by atoms with Crippen LogP contribution in [0.2, 0.25) is 0 Å². The number of carbonyl (C=O) groups is 2. The van der Waals surface area contributed by atoms with E-state index < -0.39 is 30.1 Å². The molecule has 8 nitrogen and oxygen atoms in total. The number of methoxy groups -OCH3 is 2. The zero-order chi connectivity index (χ0) is 14.9. The van der Waals surface area contributed by atoms with Crippen molar-refractivity contribution in [3.05, 3.63) is 23.4 Å². The second-order valence-corrected chi connectivity index (χ2v) is 4.24. The summed E-state index contributed by atoms with van der Waals surface area (Å²) in [5.74, 6) is -2.41. The predicted molar refractivity (Wildman–Crippen MR) is 66.3 cm³/mol. The molecule has 3 atom stereocenters. The molecular weight excluding hydrogens is 268 g/mol. The molecule has 0 aromatic rings. The quantitative estimate of drug-likeness (QED) is 0.525. The van der Waals surface area contributed by atoms with Gasteiger partial charge in [-0.25, -0.2) is 9.59 Å². The summed E-state index contributed by atoms with van der Waals surface area (Å²) in [6, 6.07) is 0. The van der Waals surface area contributed by atoms with Crippen molar-refractivity contribution in [1.82, 2.24) is 5.43 Å². The van der Waals surface area contributed by atoms with Gasteiger partial charge in [-0.3, -0.25) is 5.43 Å². The number of esters is 2. The Kier molecular flexibility index (Phi) is 3.86. The highest BCUT2D eigenvalue weighted by Gasteiger charge is 2.42. The zero-order valence-corrected chi connectivity index (χ0v) is 10.9. The average Bonchev–Trinajstić information content (AvgIpc) is 2.48. The molecule has 8 heteroatoms. The van der Waals surface area contributed by atoms with Crippen molar-refractivity contribution in [3.8, 4) is 0 Å². The van der Waals surface area contributed by atoms with Crippen LogP contribution >= 0.6 is 0 Å². The summed E-state index contributed by atoms with van der Waals surface area (Å²) in [6.07, 6.45) is 0.283. The molecule has 1 aliphatic carbocycles. The van der Waals surface area contributed by atoms with Crippen molar-refractivity contribution in [1.29, 1.82) is 0 Å². The van der Waals surface area contributed by atoms with Crippen LogP contribution in [0.25, 0.3) is 0 Å². The van der Waals surface area contributed by atoms with Gasteiger partial charge < -0.3 is 19.7 Å². The van der Waals surface area contributed by atoms with E-state index in [1.54, 1.807) is 0 Å². The molecule has 0 bridgehead atoms. The van der Waals surface area contributed by atoms with E-state index in [9.17, 15) is 19.8 Å². The number of nitrogens with zero attached hydrogens (tertiary/aromatic N) is 1. The highest BCUT2D eigenvalue weighted by Crippen LogP contribution is 2.31. The van der Waals surface area contributed by atoms with Crippen molar-refractivity contribution >= 4 is 17.7 Å². The number of fused-ring (bicyclic) bond motifs is 1. The molecular formula is C12H14N2O6. The maximum atomic E-state index is 11.7. The summed E-state index contributed by atoms with van der Waals surface area (Å²) >= 11 is 0. The molecule has 0 amide bonds. The van der Waals surface area contributed by atoms with Crippen LogP contribution < -0.4 is 5.43 Å². The van der Waals surface area contributed by atoms with Crippen LogP contribution in [0.3, 0.4) is 0 Å². The number of aliphatic hydroxyl groups is 2. The minimum Gasteiger partial charge on any atom is -0.464 e. The third kappa shape index (κ3) is 2.19. The maximum absolute atomic E-state index is 11.7. The van der Waals surface area contributed by atoms with Gasteiger partial charge in [0.15, 0.2) is 5.71 Å². The van der Waals surface area contributed by atoms with E-state index in [4.69, 9.17) is 0 Å². The van der Waals surface area contributed by atoms with Crippen LogP contribution in [0.5, 0.6) is 0 Å². The number of rotatable bonds is 2. The fourth-order valence-electron chi connectivity index (χ4n) is 2.14. The van der Waals surface area contributed by atoms with Crippen LogP contribution in [0, 0.1) is 5.92 Å². The Balaban J connectivity index is 2.50. The number of ether oxygens (including phenoxy) is 2. The molecule has 0 unspecified atom stereocenters. The number of hydrazone groups is 1. The van der Waals surface area contributed by atoms with Gasteiger partial charge in [-0.1, -0.05) is 12.2 Å². The smallest absolute Gasteiger partial charge is 0.356 e. The number of hydrogen-bond acceptors (Lipinski definition) is 8. The number of carbonyl (C=O) groups excluding carboxylic acids is 2. The second kappa shape index (κ2) is 5.43. The third-order valence-electron chi connectivity index (χ3n) is 3.15. The van der Waals surface area contributed by atoms with Crippen molar-refractivity contribution in [2.75, 3.05) is 14.2 Å². The Labute approximate surface area is 114 Å². The predicted octanol–water partition coefficient (Wildman–Crippen LogP) is -1.55. The molecule has 0 aromatic carbocycles. The van der Waals surface area contributed by atoms with Crippen LogP contribution in [-0.2, 0) is 19.1 Å². The molecule has 1 heterocycles. The summed E-state index contributed by atoms with van der Waals surface area (Å²) < 4.78 is 9.18. The van der Waals surface area contributed by atoms with Gasteiger partial charge in [0.25, 0.3) is 0 Å². The normalized spacial score (nSPS) is 28.2. The minimum atomic E-state index is -1.31. The van der Waals surface area contributed by atoms with Crippen LogP contribution in [0.4, 0.5) is 0 Å². The average molecular weight is 282 g/mol. The van der Waals surface area contributed by atoms with Crippen molar-refractivity contribution in [2.45, 2.75) is 12.2 Å². The SMILES string of the molecule is COC(=O)C1=NNC(C(=O)OC)=C2C=C[C@@H](O)[C@@H](O)[C@H]12. The third-order valence-corrected chi connectivity index (χ3v) is 3.15. The van der Waals surface area contributed by atoms with E-state index in [2.05, 4.69) is 20.0 Å². The standard InChI is InChI=1S/C12H14N2O6/c1-19-11(17)8-5-3-4-6(15)10(16)7(5)9(14-13-8)12(18)20-2/h3-4,6-7,10,13,15-16H,1-2H3/t6-,7+,10-/m1/s1. The number of aliphatic hydroxyl groups excluding tert-OH is 2. The monoisotopic (exact) mass is 282 g/mol. The maximum Gasteiger partial charge on any atom is 0.356 e. The summed E-state index contributed by atoms with van der Waals surface area (Å²) in [6.45, 7) is 0. The summed E-state index contributed by atoms with van der Waals surface area (Å²) in [7, 11) is 2.37. The molecule has 1 aliphatic heterocycles. The molecule has 0 radical (unpaired) electrons. The Morgan fingerprint density at radius 1 is 1.25 bits per heavy atom. The van der Waals surface area contributed by atoms with Gasteiger partial charge in [0.2, 0.25) is 0 Å². The van der Waals surface area contributed by atoms with Gasteiger partial charge in [0, 0.05) is 0 Å². The van der Waals surface area contributed by atoms with Crippen molar-refractivity contribution < 1.29 is 29.3 Å². The summed E-state index contributed by atoms with van der Waals surface area (Å²) in [5, 5.41) is 23.5. The highest BCUT2D eigenvalue weighted by atomic mass is 16.5. The van der Waals surface area contributed by atoms with Crippen molar-refractivity contribution in [3.63, 3.8) is 0 Å². The first-order chi connectivity index (χ1) is 9.51. The summed E-state index contributed by atoms with van der Waals surface area (Å²) in [5.41, 5.74) is 2.62. The van der Waals surface area contributed by atoms with E-state index in [1.807, 2.05) is 0 Å². The molecule has 2 rings (SSSR count). The molecule has 0 saturated carbocycles. The van der Waals surface area contributed by atoms with Gasteiger partial charge in [0.05, 0.1) is 32.3 Å². The van der Waals surface area contributed by atoms with Gasteiger partial charge in [-0.15, -0.1) is 0 Å². The number of hydrogen-bond donors (Lipinski definition) is 3. The lowest BCUT2D eigenvalue weighted by Crippen LogP contribution is -2.47. The molecule has 0 saturated heterocycles. The molecule has 2 aliphatic rings. The van der Waals surface area contributed by atoms with Gasteiger partial charge in [0.1, 0.15) is 5.70 Å². The first-order valence-electron chi connectivity index (χ1n) is 5.80. The molecule has 3 N–H and O–H groups in total. The fourth-order valence-corrected chi connectivity index (χ4v) is 2.14. The molecule has 0 spiro atoms. The van der Waals surface area contributed by atoms with Crippen molar-refractivity contribution in [2.24, 2.45) is 11.0 Å². The van der Waals surface area contributed by atoms with E-state index in [-0.39, 0.29) is 11.4 Å². The minimum absolute atomic E-state index is 0.00681. The van der Waals surface area contributed by atoms with Gasteiger partial charge in [-0.2, -0.15) is 5.10 Å². The second-order valence-electron chi connectivity index (χ2n) is 4.24. The Hall–Kier alpha value is -2.19. The lowest BCUT2D eigenvalue weighted by molar-refractivity contribution is -0.137. The molecule has 0 aromatic heterocycles. The molecule has 20 heavy (non-hydrogen) atoms. The van der Waals surface area contributed by atoms with Crippen LogP contribution in [-0.4, -0.2) is 54.3 Å². The first kappa shape index (κ1) is 14.2. The zero-order valence-electron chi connectivity index (χ0n) is 10.9. The fraction of sp³-hybridized carbons (Fsp3) is 0.417. The Morgan fingerprint density at radius 3 is 2.50 bits per heavy atom. The largest absolute Gasteiger partial charge is 0.464 e. The lowest BCUT2D eigenvalue weighted by Gasteiger charge is -2.33. The van der Waals surface area contributed by atoms with Gasteiger partial charge in [-0.05, 0) is 5.57 Å². The van der Waals surface area contributed by atoms with Crippen LogP contribution in [0.15, 0.2) is 28.5 Å². The lowest BCUT2D eigenvalue weighted by atomic mass is 9.80. The van der Waals surface area contributed by atoms with Gasteiger partial charge >= 0.3 is 11.9 Å². The highest BCUT2D eigenvalue weighted by molar-refractivity contribution is 6.38. The van der Waals surface area contributed by atoms with E-state index in [1.165, 1.54) is 26.4 Å². The van der Waals surface area contributed by atoms with E-state index in [0.29, 0.717) is 5.57 Å². The summed E-state index contributed by atoms with van der Waals surface area (Å²) in [4.78, 5) is 23.3. The topological polar surface area (TPSA) is 117 Å². The molecule has 0 fully saturated rings. The van der Waals surface area contributed by atoms with Crippen LogP contribution in [0.1, 0.15) is 0 Å². The number of nitrogens with one attached hydrogen (secondary N) is 1.